The van der Waals surface area contributed by atoms with Crippen molar-refractivity contribution < 1.29 is 27.4 Å². The van der Waals surface area contributed by atoms with Crippen LogP contribution in [-0.2, 0) is 11.0 Å². The van der Waals surface area contributed by atoms with Crippen molar-refractivity contribution in [1.29, 1.82) is 0 Å². The van der Waals surface area contributed by atoms with Gasteiger partial charge in [-0.05, 0) is 61.7 Å². The van der Waals surface area contributed by atoms with Gasteiger partial charge in [0.1, 0.15) is 6.61 Å². The highest BCUT2D eigenvalue weighted by atomic mass is 19.4. The van der Waals surface area contributed by atoms with Gasteiger partial charge >= 0.3 is 6.18 Å². The Kier molecular flexibility index (Phi) is 7.16. The summed E-state index contributed by atoms with van der Waals surface area (Å²) < 4.78 is 50.0. The zero-order valence-electron chi connectivity index (χ0n) is 19.4. The molecule has 182 valence electrons. The first-order valence-corrected chi connectivity index (χ1v) is 11.5. The van der Waals surface area contributed by atoms with Crippen LogP contribution in [0.2, 0.25) is 0 Å². The van der Waals surface area contributed by atoms with Crippen LogP contribution in [0.3, 0.4) is 0 Å². The number of halogens is 3. The molecule has 2 heterocycles. The van der Waals surface area contributed by atoms with Crippen molar-refractivity contribution >= 4 is 17.2 Å². The maximum Gasteiger partial charge on any atom is 0.416 e. The van der Waals surface area contributed by atoms with Crippen LogP contribution in [0.4, 0.5) is 18.9 Å². The second-order valence-corrected chi connectivity index (χ2v) is 8.82. The van der Waals surface area contributed by atoms with Crippen LogP contribution in [0.1, 0.15) is 30.9 Å². The number of alkyl halides is 3. The van der Waals surface area contributed by atoms with E-state index < -0.39 is 11.7 Å². The SMILES string of the molecule is COc1ccc(N2CC=C(c3ccc(C(F)(F)F)cc3)C2=O)cc1OCCN1CCC(C)CC1. The Bertz CT molecular complexity index is 1040. The number of benzene rings is 2. The number of rotatable bonds is 7. The smallest absolute Gasteiger partial charge is 0.416 e. The van der Waals surface area contributed by atoms with Gasteiger partial charge in [0.2, 0.25) is 0 Å². The number of hydrogen-bond donors (Lipinski definition) is 0. The summed E-state index contributed by atoms with van der Waals surface area (Å²) >= 11 is 0. The Morgan fingerprint density at radius 2 is 1.74 bits per heavy atom. The minimum atomic E-state index is -4.41. The summed E-state index contributed by atoms with van der Waals surface area (Å²) in [6.07, 6.45) is -0.286. The van der Waals surface area contributed by atoms with Crippen molar-refractivity contribution in [3.63, 3.8) is 0 Å². The monoisotopic (exact) mass is 474 g/mol. The second kappa shape index (κ2) is 10.1. The second-order valence-electron chi connectivity index (χ2n) is 8.82. The number of likely N-dealkylation sites (tertiary alicyclic amines) is 1. The molecule has 34 heavy (non-hydrogen) atoms. The highest BCUT2D eigenvalue weighted by Gasteiger charge is 2.31. The number of anilines is 1. The van der Waals surface area contributed by atoms with Crippen molar-refractivity contribution in [3.8, 4) is 11.5 Å². The molecule has 1 fully saturated rings. The lowest BCUT2D eigenvalue weighted by Gasteiger charge is -2.30. The van der Waals surface area contributed by atoms with E-state index in [1.807, 2.05) is 0 Å². The summed E-state index contributed by atoms with van der Waals surface area (Å²) in [5, 5.41) is 0. The molecule has 0 N–H and O–H groups in total. The molecule has 1 amide bonds. The lowest BCUT2D eigenvalue weighted by molar-refractivity contribution is -0.137. The number of nitrogens with zero attached hydrogens (tertiary/aromatic N) is 2. The third-order valence-corrected chi connectivity index (χ3v) is 6.48. The van der Waals surface area contributed by atoms with Crippen molar-refractivity contribution in [2.24, 2.45) is 5.92 Å². The molecule has 2 aliphatic heterocycles. The summed E-state index contributed by atoms with van der Waals surface area (Å²) in [6, 6.07) is 9.97. The molecule has 2 aliphatic rings. The lowest BCUT2D eigenvalue weighted by atomic mass is 9.99. The number of hydrogen-bond acceptors (Lipinski definition) is 4. The van der Waals surface area contributed by atoms with E-state index in [0.717, 1.165) is 37.7 Å². The van der Waals surface area contributed by atoms with Crippen molar-refractivity contribution in [2.75, 3.05) is 44.8 Å². The zero-order chi connectivity index (χ0) is 24.3. The third kappa shape index (κ3) is 5.38. The molecule has 1 saturated heterocycles. The van der Waals surface area contributed by atoms with E-state index in [1.54, 1.807) is 36.3 Å². The van der Waals surface area contributed by atoms with Crippen LogP contribution in [0.25, 0.3) is 5.57 Å². The van der Waals surface area contributed by atoms with Gasteiger partial charge in [0.15, 0.2) is 11.5 Å². The number of carbonyl (C=O) groups excluding carboxylic acids is 1. The van der Waals surface area contributed by atoms with Crippen molar-refractivity contribution in [2.45, 2.75) is 25.9 Å². The third-order valence-electron chi connectivity index (χ3n) is 6.48. The minimum Gasteiger partial charge on any atom is -0.493 e. The van der Waals surface area contributed by atoms with Crippen molar-refractivity contribution in [3.05, 3.63) is 59.7 Å². The van der Waals surface area contributed by atoms with E-state index in [4.69, 9.17) is 9.47 Å². The first-order valence-electron chi connectivity index (χ1n) is 11.5. The maximum absolute atomic E-state index is 13.1. The number of piperidine rings is 1. The van der Waals surface area contributed by atoms with E-state index in [0.29, 0.717) is 41.5 Å². The summed E-state index contributed by atoms with van der Waals surface area (Å²) in [5.74, 6) is 1.64. The molecule has 0 atom stereocenters. The lowest BCUT2D eigenvalue weighted by Crippen LogP contribution is -2.35. The number of carbonyl (C=O) groups is 1. The zero-order valence-corrected chi connectivity index (χ0v) is 19.4. The molecule has 0 aromatic heterocycles. The summed E-state index contributed by atoms with van der Waals surface area (Å²) in [7, 11) is 1.57. The van der Waals surface area contributed by atoms with Gasteiger partial charge in [0.05, 0.1) is 12.7 Å². The molecule has 2 aromatic rings. The van der Waals surface area contributed by atoms with Gasteiger partial charge in [-0.3, -0.25) is 9.69 Å². The van der Waals surface area contributed by atoms with Gasteiger partial charge in [-0.15, -0.1) is 0 Å². The number of ether oxygens (including phenoxy) is 2. The first-order chi connectivity index (χ1) is 16.3. The number of amides is 1. The molecule has 0 bridgehead atoms. The highest BCUT2D eigenvalue weighted by molar-refractivity contribution is 6.28. The van der Waals surface area contributed by atoms with Gasteiger partial charge in [0.25, 0.3) is 5.91 Å². The van der Waals surface area contributed by atoms with Gasteiger partial charge < -0.3 is 14.4 Å². The average molecular weight is 475 g/mol. The Hall–Kier alpha value is -3.00. The minimum absolute atomic E-state index is 0.265. The maximum atomic E-state index is 13.1. The summed E-state index contributed by atoms with van der Waals surface area (Å²) in [6.45, 7) is 6.08. The summed E-state index contributed by atoms with van der Waals surface area (Å²) in [5.41, 5.74) is 0.744. The fourth-order valence-corrected chi connectivity index (χ4v) is 4.32. The molecular formula is C26H29F3N2O3. The Morgan fingerprint density at radius 1 is 1.03 bits per heavy atom. The molecule has 5 nitrogen and oxygen atoms in total. The van der Waals surface area contributed by atoms with E-state index in [2.05, 4.69) is 11.8 Å². The molecular weight excluding hydrogens is 445 g/mol. The molecule has 0 aliphatic carbocycles. The molecule has 4 rings (SSSR count). The van der Waals surface area contributed by atoms with Crippen LogP contribution in [0.15, 0.2) is 48.5 Å². The van der Waals surface area contributed by atoms with E-state index in [9.17, 15) is 18.0 Å². The van der Waals surface area contributed by atoms with Crippen LogP contribution in [-0.4, -0.2) is 50.7 Å². The topological polar surface area (TPSA) is 42.0 Å². The standard InChI is InChI=1S/C26H29F3N2O3/c1-18-9-12-30(13-10-18)15-16-34-24-17-21(7-8-23(24)33-2)31-14-11-22(25(31)32)19-3-5-20(6-4-19)26(27,28)29/h3-8,11,17-18H,9-10,12-16H2,1-2H3. The van der Waals surface area contributed by atoms with E-state index in [1.165, 1.54) is 25.0 Å². The molecule has 0 spiro atoms. The van der Waals surface area contributed by atoms with Crippen LogP contribution < -0.4 is 14.4 Å². The first kappa shape index (κ1) is 24.1. The molecule has 0 saturated carbocycles. The Morgan fingerprint density at radius 3 is 2.38 bits per heavy atom. The predicted octanol–water partition coefficient (Wildman–Crippen LogP) is 5.25. The quantitative estimate of drug-likeness (QED) is 0.550. The van der Waals surface area contributed by atoms with Gasteiger partial charge in [-0.2, -0.15) is 13.2 Å². The van der Waals surface area contributed by atoms with Gasteiger partial charge in [0, 0.05) is 30.4 Å². The predicted molar refractivity (Wildman–Crippen MR) is 125 cm³/mol. The van der Waals surface area contributed by atoms with Crippen LogP contribution >= 0.6 is 0 Å². The van der Waals surface area contributed by atoms with Crippen LogP contribution in [0, 0.1) is 5.92 Å². The fourth-order valence-electron chi connectivity index (χ4n) is 4.32. The Balaban J connectivity index is 1.42. The molecule has 0 radical (unpaired) electrons. The Labute approximate surface area is 197 Å². The average Bonchev–Trinajstić information content (AvgIpc) is 3.21. The normalized spacial score (nSPS) is 17.7. The molecule has 8 heteroatoms. The number of methoxy groups -OCH3 is 1. The van der Waals surface area contributed by atoms with Gasteiger partial charge in [-0.25, -0.2) is 0 Å². The van der Waals surface area contributed by atoms with Crippen molar-refractivity contribution in [1.82, 2.24) is 4.90 Å². The van der Waals surface area contributed by atoms with E-state index in [-0.39, 0.29) is 5.91 Å². The fraction of sp³-hybridized carbons (Fsp3) is 0.423. The highest BCUT2D eigenvalue weighted by Crippen LogP contribution is 2.36. The molecule has 2 aromatic carbocycles. The largest absolute Gasteiger partial charge is 0.493 e. The van der Waals surface area contributed by atoms with Crippen LogP contribution in [0.5, 0.6) is 11.5 Å². The van der Waals surface area contributed by atoms with E-state index >= 15 is 0 Å². The molecule has 0 unspecified atom stereocenters. The van der Waals surface area contributed by atoms with Gasteiger partial charge in [-0.1, -0.05) is 25.1 Å². The summed E-state index contributed by atoms with van der Waals surface area (Å²) in [4.78, 5) is 17.0.